The van der Waals surface area contributed by atoms with Gasteiger partial charge < -0.3 is 14.6 Å². The van der Waals surface area contributed by atoms with Crippen LogP contribution in [-0.2, 0) is 0 Å². The zero-order valence-corrected chi connectivity index (χ0v) is 9.99. The zero-order chi connectivity index (χ0) is 11.1. The molecule has 1 heterocycles. The molecule has 0 radical (unpaired) electrons. The molecule has 3 heteroatoms. The molecule has 86 valence electrons. The third kappa shape index (κ3) is 4.49. The van der Waals surface area contributed by atoms with Crippen LogP contribution in [-0.4, -0.2) is 32.1 Å². The molecular formula is C12H22N2O. The molecule has 3 nitrogen and oxygen atoms in total. The first-order valence-electron chi connectivity index (χ1n) is 5.65. The highest BCUT2D eigenvalue weighted by molar-refractivity contribution is 5.04. The first-order chi connectivity index (χ1) is 7.24. The summed E-state index contributed by atoms with van der Waals surface area (Å²) in [7, 11) is 4.19. The Hall–Kier alpha value is -0.800. The average molecular weight is 210 g/mol. The highest BCUT2D eigenvalue weighted by atomic mass is 16.3. The topological polar surface area (TPSA) is 28.4 Å². The molecule has 1 aromatic rings. The third-order valence-electron chi connectivity index (χ3n) is 2.39. The second-order valence-electron chi connectivity index (χ2n) is 4.11. The second kappa shape index (κ2) is 6.64. The molecule has 1 N–H and O–H groups in total. The largest absolute Gasteiger partial charge is 0.468 e. The van der Waals surface area contributed by atoms with Crippen molar-refractivity contribution in [2.24, 2.45) is 0 Å². The summed E-state index contributed by atoms with van der Waals surface area (Å²) in [6.45, 7) is 4.29. The van der Waals surface area contributed by atoms with E-state index in [2.05, 4.69) is 31.2 Å². The van der Waals surface area contributed by atoms with Crippen molar-refractivity contribution >= 4 is 0 Å². The Morgan fingerprint density at radius 3 is 2.80 bits per heavy atom. The minimum Gasteiger partial charge on any atom is -0.468 e. The highest BCUT2D eigenvalue weighted by Crippen LogP contribution is 2.17. The van der Waals surface area contributed by atoms with Gasteiger partial charge in [0.25, 0.3) is 0 Å². The molecule has 0 spiro atoms. The molecule has 0 amide bonds. The highest BCUT2D eigenvalue weighted by Gasteiger charge is 2.12. The van der Waals surface area contributed by atoms with Crippen LogP contribution in [0.1, 0.15) is 31.6 Å². The molecule has 1 unspecified atom stereocenters. The van der Waals surface area contributed by atoms with E-state index in [9.17, 15) is 0 Å². The molecule has 0 aliphatic heterocycles. The van der Waals surface area contributed by atoms with E-state index in [-0.39, 0.29) is 0 Å². The molecule has 1 rings (SSSR count). The van der Waals surface area contributed by atoms with Crippen molar-refractivity contribution in [3.8, 4) is 0 Å². The van der Waals surface area contributed by atoms with Gasteiger partial charge >= 0.3 is 0 Å². The van der Waals surface area contributed by atoms with Crippen molar-refractivity contribution in [2.45, 2.75) is 25.8 Å². The normalized spacial score (nSPS) is 13.3. The van der Waals surface area contributed by atoms with Crippen LogP contribution in [0.5, 0.6) is 0 Å². The van der Waals surface area contributed by atoms with E-state index in [1.54, 1.807) is 6.26 Å². The van der Waals surface area contributed by atoms with Crippen molar-refractivity contribution in [3.05, 3.63) is 24.2 Å². The quantitative estimate of drug-likeness (QED) is 0.748. The van der Waals surface area contributed by atoms with Gasteiger partial charge in [0.2, 0.25) is 0 Å². The van der Waals surface area contributed by atoms with Crippen LogP contribution in [0.2, 0.25) is 0 Å². The number of furan rings is 1. The van der Waals surface area contributed by atoms with Crippen LogP contribution in [0.3, 0.4) is 0 Å². The fraction of sp³-hybridized carbons (Fsp3) is 0.667. The maximum absolute atomic E-state index is 5.44. The smallest absolute Gasteiger partial charge is 0.120 e. The van der Waals surface area contributed by atoms with Gasteiger partial charge in [-0.05, 0) is 52.2 Å². The number of hydrogen-bond donors (Lipinski definition) is 1. The number of nitrogens with zero attached hydrogens (tertiary/aromatic N) is 1. The van der Waals surface area contributed by atoms with Crippen LogP contribution in [0.25, 0.3) is 0 Å². The van der Waals surface area contributed by atoms with Crippen molar-refractivity contribution < 1.29 is 4.42 Å². The molecule has 1 atom stereocenters. The Bertz CT molecular complexity index is 244. The summed E-state index contributed by atoms with van der Waals surface area (Å²) < 4.78 is 5.44. The zero-order valence-electron chi connectivity index (χ0n) is 9.99. The van der Waals surface area contributed by atoms with Gasteiger partial charge in [-0.1, -0.05) is 6.92 Å². The lowest BCUT2D eigenvalue weighted by Gasteiger charge is -2.18. The van der Waals surface area contributed by atoms with E-state index in [1.807, 2.05) is 12.1 Å². The summed E-state index contributed by atoms with van der Waals surface area (Å²) in [6.07, 6.45) is 3.98. The van der Waals surface area contributed by atoms with E-state index in [1.165, 1.54) is 0 Å². The molecule has 0 saturated heterocycles. The van der Waals surface area contributed by atoms with E-state index in [4.69, 9.17) is 4.42 Å². The van der Waals surface area contributed by atoms with E-state index < -0.39 is 0 Å². The molecule has 0 saturated carbocycles. The standard InChI is InChI=1S/C12H22N2O/c1-4-8-13-11(7-9-14(2)3)12-6-5-10-15-12/h5-6,10-11,13H,4,7-9H2,1-3H3. The molecule has 0 aliphatic rings. The minimum atomic E-state index is 0.349. The maximum Gasteiger partial charge on any atom is 0.120 e. The lowest BCUT2D eigenvalue weighted by atomic mass is 10.1. The number of hydrogen-bond acceptors (Lipinski definition) is 3. The molecule has 0 fully saturated rings. The predicted octanol–water partition coefficient (Wildman–Crippen LogP) is 2.27. The van der Waals surface area contributed by atoms with Crippen LogP contribution >= 0.6 is 0 Å². The van der Waals surface area contributed by atoms with Crippen LogP contribution in [0, 0.1) is 0 Å². The SMILES string of the molecule is CCCNC(CCN(C)C)c1ccco1. The number of rotatable bonds is 7. The van der Waals surface area contributed by atoms with Crippen molar-refractivity contribution in [3.63, 3.8) is 0 Å². The Labute approximate surface area is 92.5 Å². The predicted molar refractivity (Wildman–Crippen MR) is 62.9 cm³/mol. The van der Waals surface area contributed by atoms with Crippen LogP contribution in [0.15, 0.2) is 22.8 Å². The van der Waals surface area contributed by atoms with Gasteiger partial charge in [-0.15, -0.1) is 0 Å². The summed E-state index contributed by atoms with van der Waals surface area (Å²) in [4.78, 5) is 2.20. The van der Waals surface area contributed by atoms with Gasteiger partial charge in [-0.25, -0.2) is 0 Å². The fourth-order valence-corrected chi connectivity index (χ4v) is 1.54. The third-order valence-corrected chi connectivity index (χ3v) is 2.39. The lowest BCUT2D eigenvalue weighted by molar-refractivity contribution is 0.332. The van der Waals surface area contributed by atoms with Gasteiger partial charge in [0.15, 0.2) is 0 Å². The molecule has 0 bridgehead atoms. The second-order valence-corrected chi connectivity index (χ2v) is 4.11. The molecule has 0 aromatic carbocycles. The first kappa shape index (κ1) is 12.3. The summed E-state index contributed by atoms with van der Waals surface area (Å²) in [6, 6.07) is 4.34. The summed E-state index contributed by atoms with van der Waals surface area (Å²) in [5.74, 6) is 1.05. The molecule has 15 heavy (non-hydrogen) atoms. The average Bonchev–Trinajstić information content (AvgIpc) is 2.71. The Balaban J connectivity index is 2.46. The van der Waals surface area contributed by atoms with Crippen molar-refractivity contribution in [2.75, 3.05) is 27.2 Å². The Morgan fingerprint density at radius 1 is 1.47 bits per heavy atom. The molecule has 0 aliphatic carbocycles. The van der Waals surface area contributed by atoms with Gasteiger partial charge in [0, 0.05) is 0 Å². The number of nitrogens with one attached hydrogen (secondary N) is 1. The fourth-order valence-electron chi connectivity index (χ4n) is 1.54. The van der Waals surface area contributed by atoms with E-state index >= 15 is 0 Å². The van der Waals surface area contributed by atoms with Crippen LogP contribution < -0.4 is 5.32 Å². The summed E-state index contributed by atoms with van der Waals surface area (Å²) >= 11 is 0. The first-order valence-corrected chi connectivity index (χ1v) is 5.65. The van der Waals surface area contributed by atoms with Gasteiger partial charge in [-0.3, -0.25) is 0 Å². The van der Waals surface area contributed by atoms with E-state index in [0.29, 0.717) is 6.04 Å². The van der Waals surface area contributed by atoms with E-state index in [0.717, 1.165) is 31.7 Å². The van der Waals surface area contributed by atoms with Gasteiger partial charge in [0.1, 0.15) is 5.76 Å². The summed E-state index contributed by atoms with van der Waals surface area (Å²) in [5.41, 5.74) is 0. The summed E-state index contributed by atoms with van der Waals surface area (Å²) in [5, 5.41) is 3.51. The minimum absolute atomic E-state index is 0.349. The monoisotopic (exact) mass is 210 g/mol. The van der Waals surface area contributed by atoms with Crippen molar-refractivity contribution in [1.29, 1.82) is 0 Å². The maximum atomic E-state index is 5.44. The van der Waals surface area contributed by atoms with Crippen molar-refractivity contribution in [1.82, 2.24) is 10.2 Å². The lowest BCUT2D eigenvalue weighted by Crippen LogP contribution is -2.26. The molecule has 1 aromatic heterocycles. The molecular weight excluding hydrogens is 188 g/mol. The Morgan fingerprint density at radius 2 is 2.27 bits per heavy atom. The Kier molecular flexibility index (Phi) is 5.43. The van der Waals surface area contributed by atoms with Gasteiger partial charge in [0.05, 0.1) is 12.3 Å². The van der Waals surface area contributed by atoms with Crippen LogP contribution in [0.4, 0.5) is 0 Å². The van der Waals surface area contributed by atoms with Gasteiger partial charge in [-0.2, -0.15) is 0 Å².